The Balaban J connectivity index is 1.67. The Morgan fingerprint density at radius 3 is 2.68 bits per heavy atom. The summed E-state index contributed by atoms with van der Waals surface area (Å²) in [5.74, 6) is -0.738. The molecule has 0 N–H and O–H groups in total. The van der Waals surface area contributed by atoms with Crippen molar-refractivity contribution in [2.45, 2.75) is 43.5 Å². The van der Waals surface area contributed by atoms with E-state index < -0.39 is 15.8 Å². The number of halogens is 1. The number of pyridine rings is 1. The second kappa shape index (κ2) is 8.43. The minimum Gasteiger partial charge on any atom is -0.466 e. The SMILES string of the molecule is CCOC(=O)Cc1c2c(n3ccccc13)CC(N(C)S(=O)(=O)c1ccc(F)cc1)CC2. The lowest BCUT2D eigenvalue weighted by Crippen LogP contribution is -2.40. The average Bonchev–Trinajstić information content (AvgIpc) is 3.07. The van der Waals surface area contributed by atoms with Gasteiger partial charge in [-0.1, -0.05) is 6.07 Å². The van der Waals surface area contributed by atoms with Crippen LogP contribution in [-0.4, -0.2) is 42.8 Å². The van der Waals surface area contributed by atoms with E-state index >= 15 is 0 Å². The van der Waals surface area contributed by atoms with Gasteiger partial charge in [0.15, 0.2) is 0 Å². The number of carbonyl (C=O) groups excluding carboxylic acids is 1. The van der Waals surface area contributed by atoms with Gasteiger partial charge in [-0.2, -0.15) is 4.31 Å². The number of hydrogen-bond donors (Lipinski definition) is 0. The maximum absolute atomic E-state index is 13.2. The molecule has 31 heavy (non-hydrogen) atoms. The third kappa shape index (κ3) is 3.97. The molecule has 0 radical (unpaired) electrons. The molecule has 1 aliphatic carbocycles. The van der Waals surface area contributed by atoms with Crippen molar-refractivity contribution in [1.29, 1.82) is 0 Å². The maximum atomic E-state index is 13.2. The van der Waals surface area contributed by atoms with Crippen LogP contribution in [0.3, 0.4) is 0 Å². The lowest BCUT2D eigenvalue weighted by atomic mass is 9.90. The summed E-state index contributed by atoms with van der Waals surface area (Å²) in [7, 11) is -2.17. The zero-order chi connectivity index (χ0) is 22.2. The first-order valence-electron chi connectivity index (χ1n) is 10.3. The summed E-state index contributed by atoms with van der Waals surface area (Å²) in [5, 5.41) is 0. The Morgan fingerprint density at radius 1 is 1.23 bits per heavy atom. The minimum atomic E-state index is -3.75. The number of nitrogens with zero attached hydrogens (tertiary/aromatic N) is 2. The van der Waals surface area contributed by atoms with Gasteiger partial charge < -0.3 is 9.14 Å². The van der Waals surface area contributed by atoms with E-state index in [1.54, 1.807) is 14.0 Å². The molecule has 8 heteroatoms. The molecule has 1 unspecified atom stereocenters. The van der Waals surface area contributed by atoms with Crippen LogP contribution < -0.4 is 0 Å². The number of rotatable bonds is 6. The summed E-state index contributed by atoms with van der Waals surface area (Å²) in [4.78, 5) is 12.3. The molecule has 0 saturated carbocycles. The molecule has 6 nitrogen and oxygen atoms in total. The Morgan fingerprint density at radius 2 is 1.97 bits per heavy atom. The fourth-order valence-corrected chi connectivity index (χ4v) is 5.77. The number of aromatic nitrogens is 1. The first kappa shape index (κ1) is 21.5. The summed E-state index contributed by atoms with van der Waals surface area (Å²) in [6.07, 6.45) is 3.97. The van der Waals surface area contributed by atoms with Gasteiger partial charge in [0.2, 0.25) is 10.0 Å². The summed E-state index contributed by atoms with van der Waals surface area (Å²) in [5.41, 5.74) is 4.03. The number of sulfonamides is 1. The molecule has 0 spiro atoms. The number of esters is 1. The van der Waals surface area contributed by atoms with Gasteiger partial charge in [0, 0.05) is 36.9 Å². The minimum absolute atomic E-state index is 0.0743. The van der Waals surface area contributed by atoms with Crippen molar-refractivity contribution >= 4 is 21.5 Å². The molecule has 0 amide bonds. The maximum Gasteiger partial charge on any atom is 0.310 e. The van der Waals surface area contributed by atoms with Crippen LogP contribution >= 0.6 is 0 Å². The quantitative estimate of drug-likeness (QED) is 0.547. The summed E-state index contributed by atoms with van der Waals surface area (Å²) < 4.78 is 48.0. The average molecular weight is 445 g/mol. The van der Waals surface area contributed by atoms with Crippen molar-refractivity contribution in [3.63, 3.8) is 0 Å². The van der Waals surface area contributed by atoms with Gasteiger partial charge in [-0.3, -0.25) is 4.79 Å². The first-order chi connectivity index (χ1) is 14.8. The predicted molar refractivity (Wildman–Crippen MR) is 115 cm³/mol. The number of ether oxygens (including phenoxy) is 1. The topological polar surface area (TPSA) is 68.1 Å². The molecule has 0 bridgehead atoms. The number of benzene rings is 1. The Hall–Kier alpha value is -2.71. The first-order valence-corrected chi connectivity index (χ1v) is 11.8. The van der Waals surface area contributed by atoms with E-state index in [0.717, 1.165) is 34.5 Å². The van der Waals surface area contributed by atoms with Gasteiger partial charge in [-0.15, -0.1) is 0 Å². The molecule has 164 valence electrons. The highest BCUT2D eigenvalue weighted by molar-refractivity contribution is 7.89. The third-order valence-corrected chi connectivity index (χ3v) is 7.88. The zero-order valence-corrected chi connectivity index (χ0v) is 18.4. The van der Waals surface area contributed by atoms with E-state index in [2.05, 4.69) is 4.40 Å². The van der Waals surface area contributed by atoms with Gasteiger partial charge in [0.1, 0.15) is 5.82 Å². The van der Waals surface area contributed by atoms with Crippen molar-refractivity contribution in [3.05, 3.63) is 71.3 Å². The number of likely N-dealkylation sites (N-methyl/N-ethyl adjacent to an activating group) is 1. The van der Waals surface area contributed by atoms with Crippen LogP contribution in [0.5, 0.6) is 0 Å². The molecule has 0 aliphatic heterocycles. The van der Waals surface area contributed by atoms with Gasteiger partial charge in [0.05, 0.1) is 17.9 Å². The van der Waals surface area contributed by atoms with Crippen LogP contribution in [0.2, 0.25) is 0 Å². The normalized spacial score (nSPS) is 16.5. The third-order valence-electron chi connectivity index (χ3n) is 5.96. The smallest absolute Gasteiger partial charge is 0.310 e. The Labute approximate surface area is 181 Å². The molecule has 1 atom stereocenters. The summed E-state index contributed by atoms with van der Waals surface area (Å²) >= 11 is 0. The van der Waals surface area contributed by atoms with Crippen LogP contribution in [0.15, 0.2) is 53.6 Å². The monoisotopic (exact) mass is 444 g/mol. The van der Waals surface area contributed by atoms with Crippen molar-refractivity contribution in [2.24, 2.45) is 0 Å². The molecular formula is C23H25FN2O4S. The predicted octanol–water partition coefficient (Wildman–Crippen LogP) is 3.36. The van der Waals surface area contributed by atoms with E-state index in [9.17, 15) is 17.6 Å². The zero-order valence-electron chi connectivity index (χ0n) is 17.5. The van der Waals surface area contributed by atoms with E-state index in [1.807, 2.05) is 24.4 Å². The number of hydrogen-bond acceptors (Lipinski definition) is 4. The Bertz CT molecular complexity index is 1220. The van der Waals surface area contributed by atoms with Gasteiger partial charge >= 0.3 is 5.97 Å². The molecule has 2 heterocycles. The lowest BCUT2D eigenvalue weighted by Gasteiger charge is -2.31. The van der Waals surface area contributed by atoms with Crippen molar-refractivity contribution < 1.29 is 22.3 Å². The fraction of sp³-hybridized carbons (Fsp3) is 0.348. The van der Waals surface area contributed by atoms with Crippen LogP contribution in [0.4, 0.5) is 4.39 Å². The van der Waals surface area contributed by atoms with Crippen molar-refractivity contribution in [2.75, 3.05) is 13.7 Å². The van der Waals surface area contributed by atoms with Crippen LogP contribution in [0, 0.1) is 5.82 Å². The van der Waals surface area contributed by atoms with Gasteiger partial charge in [0.25, 0.3) is 0 Å². The van der Waals surface area contributed by atoms with Gasteiger partial charge in [-0.25, -0.2) is 12.8 Å². The van der Waals surface area contributed by atoms with E-state index in [-0.39, 0.29) is 23.3 Å². The van der Waals surface area contributed by atoms with E-state index in [4.69, 9.17) is 4.74 Å². The molecule has 0 saturated heterocycles. The number of fused-ring (bicyclic) bond motifs is 3. The van der Waals surface area contributed by atoms with E-state index in [1.165, 1.54) is 16.4 Å². The molecular weight excluding hydrogens is 419 g/mol. The molecule has 1 aliphatic rings. The standard InChI is InChI=1S/C23H25FN2O4S/c1-3-30-23(27)15-20-19-12-9-17(14-22(19)26-13-5-4-6-21(20)26)25(2)31(28,29)18-10-7-16(24)8-11-18/h4-8,10-11,13,17H,3,9,12,14-15H2,1-2H3. The fourth-order valence-electron chi connectivity index (χ4n) is 4.38. The molecule has 0 fully saturated rings. The highest BCUT2D eigenvalue weighted by atomic mass is 32.2. The van der Waals surface area contributed by atoms with Gasteiger partial charge in [-0.05, 0) is 67.3 Å². The summed E-state index contributed by atoms with van der Waals surface area (Å²) in [6, 6.07) is 10.5. The second-order valence-electron chi connectivity index (χ2n) is 7.71. The van der Waals surface area contributed by atoms with E-state index in [0.29, 0.717) is 25.9 Å². The van der Waals surface area contributed by atoms with Crippen LogP contribution in [0.1, 0.15) is 30.2 Å². The number of carbonyl (C=O) groups is 1. The highest BCUT2D eigenvalue weighted by Gasteiger charge is 2.34. The van der Waals surface area contributed by atoms with Crippen molar-refractivity contribution in [1.82, 2.24) is 8.71 Å². The van der Waals surface area contributed by atoms with Crippen LogP contribution in [-0.2, 0) is 38.8 Å². The molecule has 2 aromatic heterocycles. The summed E-state index contributed by atoms with van der Waals surface area (Å²) in [6.45, 7) is 2.12. The van der Waals surface area contributed by atoms with Crippen LogP contribution in [0.25, 0.3) is 5.52 Å². The Kier molecular flexibility index (Phi) is 5.85. The van der Waals surface area contributed by atoms with Crippen molar-refractivity contribution in [3.8, 4) is 0 Å². The molecule has 4 rings (SSSR count). The highest BCUT2D eigenvalue weighted by Crippen LogP contribution is 2.33. The lowest BCUT2D eigenvalue weighted by molar-refractivity contribution is -0.142. The second-order valence-corrected chi connectivity index (χ2v) is 9.71. The largest absolute Gasteiger partial charge is 0.466 e. The molecule has 1 aromatic carbocycles. The molecule has 3 aromatic rings.